The lowest BCUT2D eigenvalue weighted by atomic mass is 10.1. The molecule has 0 radical (unpaired) electrons. The Morgan fingerprint density at radius 3 is 3.00 bits per heavy atom. The van der Waals surface area contributed by atoms with E-state index in [-0.39, 0.29) is 0 Å². The first kappa shape index (κ1) is 13.5. The molecule has 1 aromatic heterocycles. The zero-order valence-electron chi connectivity index (χ0n) is 11.8. The predicted octanol–water partition coefficient (Wildman–Crippen LogP) is 1.26. The van der Waals surface area contributed by atoms with Gasteiger partial charge in [-0.25, -0.2) is 0 Å². The van der Waals surface area contributed by atoms with Crippen molar-refractivity contribution in [3.05, 3.63) is 12.2 Å². The lowest BCUT2D eigenvalue weighted by Crippen LogP contribution is -2.46. The quantitative estimate of drug-likeness (QED) is 0.827. The molecule has 1 aliphatic heterocycles. The molecule has 0 spiro atoms. The molecule has 0 aromatic carbocycles. The molecular weight excluding hydrogens is 226 g/mol. The van der Waals surface area contributed by atoms with E-state index in [1.807, 2.05) is 6.33 Å². The van der Waals surface area contributed by atoms with Gasteiger partial charge in [-0.2, -0.15) is 0 Å². The van der Waals surface area contributed by atoms with Crippen LogP contribution < -0.4 is 5.32 Å². The number of nitrogens with one attached hydrogen (secondary N) is 1. The van der Waals surface area contributed by atoms with Crippen LogP contribution in [0.4, 0.5) is 0 Å². The number of hydrogen-bond acceptors (Lipinski definition) is 4. The topological polar surface area (TPSA) is 46.0 Å². The normalized spacial score (nSPS) is 19.5. The number of aromatic nitrogens is 3. The number of rotatable bonds is 6. The third-order valence-electron chi connectivity index (χ3n) is 3.78. The Labute approximate surface area is 110 Å². The summed E-state index contributed by atoms with van der Waals surface area (Å²) in [5.41, 5.74) is 0. The Kier molecular flexibility index (Phi) is 4.72. The van der Waals surface area contributed by atoms with Crippen LogP contribution in [0.2, 0.25) is 0 Å². The standard InChI is InChI=1S/C13H25N5/c1-4-5-11(2)14-8-12(3)17-6-7-18-10-15-16-13(18)9-17/h10-12,14H,4-9H2,1-3H3. The third kappa shape index (κ3) is 3.29. The van der Waals surface area contributed by atoms with Crippen molar-refractivity contribution in [1.29, 1.82) is 0 Å². The first-order valence-corrected chi connectivity index (χ1v) is 7.04. The van der Waals surface area contributed by atoms with E-state index < -0.39 is 0 Å². The summed E-state index contributed by atoms with van der Waals surface area (Å²) >= 11 is 0. The number of nitrogens with zero attached hydrogens (tertiary/aromatic N) is 4. The van der Waals surface area contributed by atoms with Gasteiger partial charge in [0.05, 0.1) is 6.54 Å². The minimum absolute atomic E-state index is 0.551. The average Bonchev–Trinajstić information content (AvgIpc) is 2.83. The first-order chi connectivity index (χ1) is 8.70. The molecule has 2 atom stereocenters. The molecule has 1 aromatic rings. The van der Waals surface area contributed by atoms with Crippen molar-refractivity contribution in [1.82, 2.24) is 25.0 Å². The second-order valence-corrected chi connectivity index (χ2v) is 5.36. The number of hydrogen-bond donors (Lipinski definition) is 1. The van der Waals surface area contributed by atoms with Crippen LogP contribution in [0.1, 0.15) is 39.4 Å². The van der Waals surface area contributed by atoms with Crippen molar-refractivity contribution in [2.24, 2.45) is 0 Å². The molecule has 5 heteroatoms. The zero-order valence-corrected chi connectivity index (χ0v) is 11.8. The van der Waals surface area contributed by atoms with Gasteiger partial charge in [-0.1, -0.05) is 13.3 Å². The summed E-state index contributed by atoms with van der Waals surface area (Å²) in [6.45, 7) is 10.9. The minimum Gasteiger partial charge on any atom is -0.315 e. The van der Waals surface area contributed by atoms with Crippen LogP contribution in [-0.2, 0) is 13.1 Å². The summed E-state index contributed by atoms with van der Waals surface area (Å²) < 4.78 is 2.15. The Morgan fingerprint density at radius 2 is 2.22 bits per heavy atom. The van der Waals surface area contributed by atoms with Gasteiger partial charge in [0.1, 0.15) is 12.2 Å². The molecule has 2 heterocycles. The van der Waals surface area contributed by atoms with Crippen LogP contribution >= 0.6 is 0 Å². The van der Waals surface area contributed by atoms with Crippen molar-refractivity contribution < 1.29 is 0 Å². The van der Waals surface area contributed by atoms with Gasteiger partial charge in [0.25, 0.3) is 0 Å². The van der Waals surface area contributed by atoms with E-state index in [1.54, 1.807) is 0 Å². The summed E-state index contributed by atoms with van der Waals surface area (Å²) in [4.78, 5) is 2.48. The SMILES string of the molecule is CCCC(C)NCC(C)N1CCn2cnnc2C1. The third-order valence-corrected chi connectivity index (χ3v) is 3.78. The summed E-state index contributed by atoms with van der Waals surface area (Å²) in [6.07, 6.45) is 4.33. The largest absolute Gasteiger partial charge is 0.315 e. The smallest absolute Gasteiger partial charge is 0.147 e. The maximum absolute atomic E-state index is 4.16. The highest BCUT2D eigenvalue weighted by Crippen LogP contribution is 2.12. The van der Waals surface area contributed by atoms with Crippen LogP contribution in [0.25, 0.3) is 0 Å². The van der Waals surface area contributed by atoms with E-state index in [1.165, 1.54) is 12.8 Å². The summed E-state index contributed by atoms with van der Waals surface area (Å²) in [5.74, 6) is 1.09. The van der Waals surface area contributed by atoms with Crippen molar-refractivity contribution >= 4 is 0 Å². The molecule has 0 aliphatic carbocycles. The molecule has 1 aliphatic rings. The van der Waals surface area contributed by atoms with Gasteiger partial charge >= 0.3 is 0 Å². The molecule has 18 heavy (non-hydrogen) atoms. The molecule has 2 rings (SSSR count). The van der Waals surface area contributed by atoms with Gasteiger partial charge in [-0.15, -0.1) is 10.2 Å². The predicted molar refractivity (Wildman–Crippen MR) is 72.3 cm³/mol. The summed E-state index contributed by atoms with van der Waals surface area (Å²) in [7, 11) is 0. The second kappa shape index (κ2) is 6.29. The molecule has 0 fully saturated rings. The van der Waals surface area contributed by atoms with E-state index in [0.717, 1.165) is 32.0 Å². The van der Waals surface area contributed by atoms with Gasteiger partial charge < -0.3 is 9.88 Å². The van der Waals surface area contributed by atoms with Gasteiger partial charge in [-0.3, -0.25) is 4.90 Å². The zero-order chi connectivity index (χ0) is 13.0. The lowest BCUT2D eigenvalue weighted by molar-refractivity contribution is 0.157. The summed E-state index contributed by atoms with van der Waals surface area (Å²) in [5, 5.41) is 11.7. The maximum Gasteiger partial charge on any atom is 0.147 e. The fraction of sp³-hybridized carbons (Fsp3) is 0.846. The Morgan fingerprint density at radius 1 is 1.39 bits per heavy atom. The van der Waals surface area contributed by atoms with Crippen LogP contribution in [0.5, 0.6) is 0 Å². The molecule has 0 amide bonds. The molecule has 5 nitrogen and oxygen atoms in total. The fourth-order valence-electron chi connectivity index (χ4n) is 2.50. The van der Waals surface area contributed by atoms with Gasteiger partial charge in [0.15, 0.2) is 0 Å². The Bertz CT molecular complexity index is 362. The first-order valence-electron chi connectivity index (χ1n) is 7.04. The maximum atomic E-state index is 4.16. The molecule has 0 saturated heterocycles. The van der Waals surface area contributed by atoms with Gasteiger partial charge in [-0.05, 0) is 20.3 Å². The molecule has 1 N–H and O–H groups in total. The molecule has 0 bridgehead atoms. The molecule has 0 saturated carbocycles. The highest BCUT2D eigenvalue weighted by molar-refractivity contribution is 4.91. The monoisotopic (exact) mass is 251 g/mol. The van der Waals surface area contributed by atoms with E-state index >= 15 is 0 Å². The van der Waals surface area contributed by atoms with Crippen LogP contribution in [0, 0.1) is 0 Å². The van der Waals surface area contributed by atoms with Crippen LogP contribution in [-0.4, -0.2) is 44.8 Å². The van der Waals surface area contributed by atoms with Crippen LogP contribution in [0.15, 0.2) is 6.33 Å². The van der Waals surface area contributed by atoms with Gasteiger partial charge in [0.2, 0.25) is 0 Å². The van der Waals surface area contributed by atoms with Crippen molar-refractivity contribution in [2.45, 2.75) is 58.8 Å². The van der Waals surface area contributed by atoms with E-state index in [2.05, 4.69) is 45.8 Å². The average molecular weight is 251 g/mol. The number of fused-ring (bicyclic) bond motifs is 1. The van der Waals surface area contributed by atoms with Crippen molar-refractivity contribution in [3.63, 3.8) is 0 Å². The van der Waals surface area contributed by atoms with E-state index in [0.29, 0.717) is 12.1 Å². The minimum atomic E-state index is 0.551. The lowest BCUT2D eigenvalue weighted by Gasteiger charge is -2.33. The highest BCUT2D eigenvalue weighted by Gasteiger charge is 2.21. The Balaban J connectivity index is 1.78. The fourth-order valence-corrected chi connectivity index (χ4v) is 2.50. The molecular formula is C13H25N5. The highest BCUT2D eigenvalue weighted by atomic mass is 15.3. The summed E-state index contributed by atoms with van der Waals surface area (Å²) in [6, 6.07) is 1.17. The Hall–Kier alpha value is -0.940. The molecule has 102 valence electrons. The van der Waals surface area contributed by atoms with Crippen molar-refractivity contribution in [3.8, 4) is 0 Å². The van der Waals surface area contributed by atoms with Gasteiger partial charge in [0, 0.05) is 31.7 Å². The van der Waals surface area contributed by atoms with Crippen LogP contribution in [0.3, 0.4) is 0 Å². The van der Waals surface area contributed by atoms with E-state index in [4.69, 9.17) is 0 Å². The second-order valence-electron chi connectivity index (χ2n) is 5.36. The molecule has 2 unspecified atom stereocenters. The van der Waals surface area contributed by atoms with Crippen molar-refractivity contribution in [2.75, 3.05) is 13.1 Å². The van der Waals surface area contributed by atoms with E-state index in [9.17, 15) is 0 Å².